The average Bonchev–Trinajstić information content (AvgIpc) is 3.10. The lowest BCUT2D eigenvalue weighted by atomic mass is 10.1. The molecule has 0 aliphatic rings. The molecule has 1 aromatic carbocycles. The van der Waals surface area contributed by atoms with Crippen LogP contribution in [-0.4, -0.2) is 15.0 Å². The van der Waals surface area contributed by atoms with E-state index in [1.165, 1.54) is 0 Å². The molecule has 3 aromatic rings. The van der Waals surface area contributed by atoms with Crippen molar-refractivity contribution < 1.29 is 0 Å². The van der Waals surface area contributed by atoms with Crippen molar-refractivity contribution in [2.24, 2.45) is 0 Å². The van der Waals surface area contributed by atoms with Gasteiger partial charge in [0.15, 0.2) is 0 Å². The number of aromatic nitrogens is 3. The number of thiazole rings is 1. The highest BCUT2D eigenvalue weighted by Gasteiger charge is 2.08. The van der Waals surface area contributed by atoms with Crippen LogP contribution >= 0.6 is 11.3 Å². The maximum absolute atomic E-state index is 4.51. The first kappa shape index (κ1) is 12.9. The van der Waals surface area contributed by atoms with Crippen molar-refractivity contribution in [1.29, 1.82) is 0 Å². The molecule has 5 heteroatoms. The molecule has 1 unspecified atom stereocenters. The summed E-state index contributed by atoms with van der Waals surface area (Å²) in [5, 5.41) is 6.67. The first-order chi connectivity index (χ1) is 9.72. The first-order valence-corrected chi connectivity index (χ1v) is 7.38. The Morgan fingerprint density at radius 3 is 2.65 bits per heavy atom. The van der Waals surface area contributed by atoms with Gasteiger partial charge in [0.1, 0.15) is 0 Å². The Hall–Kier alpha value is -2.14. The fourth-order valence-corrected chi connectivity index (χ4v) is 2.77. The van der Waals surface area contributed by atoms with Crippen LogP contribution in [0.3, 0.4) is 0 Å². The number of anilines is 1. The highest BCUT2D eigenvalue weighted by molar-refractivity contribution is 7.09. The van der Waals surface area contributed by atoms with Crippen molar-refractivity contribution in [3.63, 3.8) is 0 Å². The van der Waals surface area contributed by atoms with E-state index in [9.17, 15) is 0 Å². The molecule has 0 bridgehead atoms. The number of hydrogen-bond acceptors (Lipinski definition) is 4. The van der Waals surface area contributed by atoms with Crippen LogP contribution in [0.5, 0.6) is 0 Å². The summed E-state index contributed by atoms with van der Waals surface area (Å²) in [5.74, 6) is 0. The van der Waals surface area contributed by atoms with Crippen molar-refractivity contribution >= 4 is 17.0 Å². The number of nitrogens with one attached hydrogen (secondary N) is 2. The Kier molecular flexibility index (Phi) is 3.52. The predicted molar refractivity (Wildman–Crippen MR) is 82.9 cm³/mol. The average molecular weight is 284 g/mol. The predicted octanol–water partition coefficient (Wildman–Crippen LogP) is 4.01. The van der Waals surface area contributed by atoms with E-state index >= 15 is 0 Å². The lowest BCUT2D eigenvalue weighted by Crippen LogP contribution is -2.06. The fraction of sp³-hybridized carbons (Fsp3) is 0.200. The summed E-state index contributed by atoms with van der Waals surface area (Å²) in [6, 6.07) is 8.51. The van der Waals surface area contributed by atoms with Crippen molar-refractivity contribution in [2.75, 3.05) is 5.32 Å². The molecule has 1 atom stereocenters. The van der Waals surface area contributed by atoms with Gasteiger partial charge in [0, 0.05) is 11.1 Å². The quantitative estimate of drug-likeness (QED) is 0.761. The van der Waals surface area contributed by atoms with Gasteiger partial charge in [0.25, 0.3) is 0 Å². The van der Waals surface area contributed by atoms with Gasteiger partial charge < -0.3 is 10.3 Å². The summed E-state index contributed by atoms with van der Waals surface area (Å²) < 4.78 is 0. The Bertz CT molecular complexity index is 670. The minimum atomic E-state index is 0.206. The zero-order valence-electron chi connectivity index (χ0n) is 11.4. The zero-order valence-corrected chi connectivity index (χ0v) is 12.2. The summed E-state index contributed by atoms with van der Waals surface area (Å²) >= 11 is 1.68. The largest absolute Gasteiger partial charge is 0.377 e. The second-order valence-electron chi connectivity index (χ2n) is 4.70. The van der Waals surface area contributed by atoms with Crippen LogP contribution in [0.1, 0.15) is 23.7 Å². The monoisotopic (exact) mass is 284 g/mol. The molecule has 0 aliphatic heterocycles. The van der Waals surface area contributed by atoms with Gasteiger partial charge in [-0.15, -0.1) is 11.3 Å². The fourth-order valence-electron chi connectivity index (χ4n) is 2.06. The molecule has 0 fully saturated rings. The standard InChI is InChI=1S/C15H16N4S/c1-10(15-8-20-11(2)19-15)18-13-5-3-12(4-6-13)14-7-16-9-17-14/h3-10,18H,1-2H3,(H,16,17). The molecule has 2 heterocycles. The topological polar surface area (TPSA) is 53.6 Å². The molecule has 0 radical (unpaired) electrons. The van der Waals surface area contributed by atoms with E-state index in [0.717, 1.165) is 27.6 Å². The Labute approximate surface area is 121 Å². The van der Waals surface area contributed by atoms with Crippen molar-refractivity contribution in [1.82, 2.24) is 15.0 Å². The summed E-state index contributed by atoms with van der Waals surface area (Å²) in [4.78, 5) is 11.6. The molecular weight excluding hydrogens is 268 g/mol. The number of aromatic amines is 1. The highest BCUT2D eigenvalue weighted by Crippen LogP contribution is 2.23. The molecule has 0 saturated heterocycles. The van der Waals surface area contributed by atoms with Gasteiger partial charge in [0.2, 0.25) is 0 Å². The normalized spacial score (nSPS) is 12.3. The van der Waals surface area contributed by atoms with Gasteiger partial charge in [-0.05, 0) is 31.5 Å². The van der Waals surface area contributed by atoms with Crippen molar-refractivity contribution in [3.05, 3.63) is 52.9 Å². The minimum absolute atomic E-state index is 0.206. The minimum Gasteiger partial charge on any atom is -0.377 e. The van der Waals surface area contributed by atoms with E-state index in [4.69, 9.17) is 0 Å². The Morgan fingerprint density at radius 2 is 2.05 bits per heavy atom. The van der Waals surface area contributed by atoms with Gasteiger partial charge in [-0.25, -0.2) is 9.97 Å². The number of imidazole rings is 1. The van der Waals surface area contributed by atoms with Crippen LogP contribution in [0.2, 0.25) is 0 Å². The van der Waals surface area contributed by atoms with Crippen molar-refractivity contribution in [2.45, 2.75) is 19.9 Å². The third-order valence-electron chi connectivity index (χ3n) is 3.16. The Balaban J connectivity index is 1.72. The van der Waals surface area contributed by atoms with Crippen LogP contribution in [0, 0.1) is 6.92 Å². The Morgan fingerprint density at radius 1 is 1.25 bits per heavy atom. The SMILES string of the molecule is Cc1nc(C(C)Nc2ccc(-c3cnc[nH]3)cc2)cs1. The van der Waals surface area contributed by atoms with Crippen LogP contribution in [-0.2, 0) is 0 Å². The van der Waals surface area contributed by atoms with E-state index in [1.807, 2.05) is 13.1 Å². The van der Waals surface area contributed by atoms with Crippen LogP contribution in [0.25, 0.3) is 11.3 Å². The smallest absolute Gasteiger partial charge is 0.0924 e. The summed E-state index contributed by atoms with van der Waals surface area (Å²) in [6.45, 7) is 4.15. The molecule has 0 saturated carbocycles. The highest BCUT2D eigenvalue weighted by atomic mass is 32.1. The van der Waals surface area contributed by atoms with Crippen LogP contribution in [0.4, 0.5) is 5.69 Å². The molecule has 0 amide bonds. The molecule has 20 heavy (non-hydrogen) atoms. The number of nitrogens with zero attached hydrogens (tertiary/aromatic N) is 2. The van der Waals surface area contributed by atoms with Gasteiger partial charge >= 0.3 is 0 Å². The third-order valence-corrected chi connectivity index (χ3v) is 3.95. The summed E-state index contributed by atoms with van der Waals surface area (Å²) in [7, 11) is 0. The van der Waals surface area contributed by atoms with Gasteiger partial charge in [-0.1, -0.05) is 12.1 Å². The van der Waals surface area contributed by atoms with Gasteiger partial charge in [-0.2, -0.15) is 0 Å². The summed E-state index contributed by atoms with van der Waals surface area (Å²) in [5.41, 5.74) is 4.33. The number of rotatable bonds is 4. The third kappa shape index (κ3) is 2.72. The second-order valence-corrected chi connectivity index (χ2v) is 5.76. The molecule has 102 valence electrons. The molecule has 4 nitrogen and oxygen atoms in total. The lowest BCUT2D eigenvalue weighted by Gasteiger charge is -2.13. The number of benzene rings is 1. The second kappa shape index (κ2) is 5.46. The maximum Gasteiger partial charge on any atom is 0.0924 e. The van der Waals surface area contributed by atoms with E-state index in [-0.39, 0.29) is 6.04 Å². The maximum atomic E-state index is 4.51. The number of hydrogen-bond donors (Lipinski definition) is 2. The van der Waals surface area contributed by atoms with E-state index in [2.05, 4.69) is 56.8 Å². The lowest BCUT2D eigenvalue weighted by molar-refractivity contribution is 0.845. The number of H-pyrrole nitrogens is 1. The van der Waals surface area contributed by atoms with Gasteiger partial charge in [0.05, 0.1) is 35.0 Å². The molecule has 2 aromatic heterocycles. The zero-order chi connectivity index (χ0) is 13.9. The molecule has 3 rings (SSSR count). The first-order valence-electron chi connectivity index (χ1n) is 6.50. The molecule has 2 N–H and O–H groups in total. The van der Waals surface area contributed by atoms with Crippen molar-refractivity contribution in [3.8, 4) is 11.3 Å². The molecule has 0 aliphatic carbocycles. The van der Waals surface area contributed by atoms with E-state index in [1.54, 1.807) is 17.7 Å². The molecular formula is C15H16N4S. The van der Waals surface area contributed by atoms with Gasteiger partial charge in [-0.3, -0.25) is 0 Å². The van der Waals surface area contributed by atoms with E-state index < -0.39 is 0 Å². The van der Waals surface area contributed by atoms with Crippen LogP contribution in [0.15, 0.2) is 42.2 Å². The van der Waals surface area contributed by atoms with E-state index in [0.29, 0.717) is 0 Å². The number of aryl methyl sites for hydroxylation is 1. The van der Waals surface area contributed by atoms with Crippen LogP contribution < -0.4 is 5.32 Å². The summed E-state index contributed by atoms with van der Waals surface area (Å²) in [6.07, 6.45) is 3.51. The molecule has 0 spiro atoms.